The molecule has 0 bridgehead atoms. The Labute approximate surface area is 376 Å². The smallest absolute Gasteiger partial charge is 0.166 e. The minimum absolute atomic E-state index is 0.613. The van der Waals surface area contributed by atoms with Crippen molar-refractivity contribution in [2.75, 3.05) is 0 Å². The fraction of sp³-hybridized carbons (Fsp3) is 0. The predicted molar refractivity (Wildman–Crippen MR) is 273 cm³/mol. The molecule has 6 heteroatoms. The average Bonchev–Trinajstić information content (AvgIpc) is 4.03. The Morgan fingerprint density at radius 1 is 0.338 bits per heavy atom. The van der Waals surface area contributed by atoms with Gasteiger partial charge in [0.05, 0.1) is 33.3 Å². The summed E-state index contributed by atoms with van der Waals surface area (Å²) in [6.45, 7) is 0. The van der Waals surface area contributed by atoms with Crippen LogP contribution in [0.2, 0.25) is 0 Å². The molecule has 0 fully saturated rings. The van der Waals surface area contributed by atoms with E-state index in [0.717, 1.165) is 55.5 Å². The topological polar surface area (TPSA) is 48.5 Å². The molecule has 0 aliphatic heterocycles. The monoisotopic (exact) mass is 845 g/mol. The molecule has 0 saturated heterocycles. The second-order valence-electron chi connectivity index (χ2n) is 16.8. The summed E-state index contributed by atoms with van der Waals surface area (Å²) in [6, 6.07) is 76.1. The number of hydrogen-bond donors (Lipinski definition) is 0. The summed E-state index contributed by atoms with van der Waals surface area (Å²) in [5, 5.41) is 12.0. The van der Waals surface area contributed by atoms with Crippen LogP contribution in [0, 0.1) is 0 Å². The molecule has 0 saturated carbocycles. The summed E-state index contributed by atoms with van der Waals surface area (Å²) in [5.41, 5.74) is 9.43. The fourth-order valence-electron chi connectivity index (χ4n) is 10.2. The number of thiophene rings is 1. The van der Waals surface area contributed by atoms with Gasteiger partial charge in [-0.25, -0.2) is 15.0 Å². The van der Waals surface area contributed by atoms with E-state index in [-0.39, 0.29) is 0 Å². The lowest BCUT2D eigenvalue weighted by Gasteiger charge is -2.16. The maximum atomic E-state index is 5.60. The summed E-state index contributed by atoms with van der Waals surface area (Å²) in [4.78, 5) is 16.4. The molecule has 14 aromatic rings. The maximum absolute atomic E-state index is 5.60. The zero-order valence-electron chi connectivity index (χ0n) is 34.9. The van der Waals surface area contributed by atoms with E-state index in [1.165, 1.54) is 57.9 Å². The minimum atomic E-state index is 0.613. The van der Waals surface area contributed by atoms with Gasteiger partial charge >= 0.3 is 0 Å². The van der Waals surface area contributed by atoms with Gasteiger partial charge in [0, 0.05) is 58.5 Å². The largest absolute Gasteiger partial charge is 0.309 e. The van der Waals surface area contributed by atoms with Gasteiger partial charge in [0.15, 0.2) is 17.5 Å². The lowest BCUT2D eigenvalue weighted by atomic mass is 10.0. The van der Waals surface area contributed by atoms with Crippen molar-refractivity contribution in [2.45, 2.75) is 0 Å². The molecule has 0 aliphatic carbocycles. The van der Waals surface area contributed by atoms with Crippen LogP contribution < -0.4 is 0 Å². The van der Waals surface area contributed by atoms with E-state index in [9.17, 15) is 0 Å². The molecular formula is C59H35N5S. The van der Waals surface area contributed by atoms with E-state index in [2.05, 4.69) is 215 Å². The molecule has 4 heterocycles. The van der Waals surface area contributed by atoms with E-state index in [4.69, 9.17) is 15.0 Å². The van der Waals surface area contributed by atoms with Crippen molar-refractivity contribution in [1.29, 1.82) is 0 Å². The number of hydrogen-bond acceptors (Lipinski definition) is 4. The maximum Gasteiger partial charge on any atom is 0.166 e. The zero-order valence-corrected chi connectivity index (χ0v) is 35.7. The van der Waals surface area contributed by atoms with E-state index < -0.39 is 0 Å². The van der Waals surface area contributed by atoms with Crippen molar-refractivity contribution in [3.8, 4) is 45.5 Å². The van der Waals surface area contributed by atoms with Crippen molar-refractivity contribution in [3.05, 3.63) is 212 Å². The first-order valence-electron chi connectivity index (χ1n) is 21.9. The molecule has 5 nitrogen and oxygen atoms in total. The zero-order chi connectivity index (χ0) is 42.6. The van der Waals surface area contributed by atoms with Crippen molar-refractivity contribution in [1.82, 2.24) is 24.1 Å². The Bertz CT molecular complexity index is 4240. The van der Waals surface area contributed by atoms with Crippen LogP contribution in [0.25, 0.3) is 131 Å². The molecule has 65 heavy (non-hydrogen) atoms. The summed E-state index contributed by atoms with van der Waals surface area (Å²) in [5.74, 6) is 1.86. The van der Waals surface area contributed by atoms with Gasteiger partial charge in [0.2, 0.25) is 0 Å². The lowest BCUT2D eigenvalue weighted by molar-refractivity contribution is 1.07. The second kappa shape index (κ2) is 14.0. The summed E-state index contributed by atoms with van der Waals surface area (Å²) in [6.07, 6.45) is 0. The Morgan fingerprint density at radius 3 is 1.69 bits per heavy atom. The summed E-state index contributed by atoms with van der Waals surface area (Å²) in [7, 11) is 0. The number of fused-ring (bicyclic) bond motifs is 12. The summed E-state index contributed by atoms with van der Waals surface area (Å²) >= 11 is 1.84. The molecule has 0 aliphatic rings. The molecule has 0 spiro atoms. The minimum Gasteiger partial charge on any atom is -0.309 e. The van der Waals surface area contributed by atoms with Crippen LogP contribution >= 0.6 is 11.3 Å². The van der Waals surface area contributed by atoms with Crippen LogP contribution in [-0.4, -0.2) is 24.1 Å². The van der Waals surface area contributed by atoms with Gasteiger partial charge in [0.25, 0.3) is 0 Å². The number of benzene rings is 10. The van der Waals surface area contributed by atoms with Crippen LogP contribution in [0.1, 0.15) is 0 Å². The first kappa shape index (κ1) is 36.1. The quantitative estimate of drug-likeness (QED) is 0.173. The van der Waals surface area contributed by atoms with Gasteiger partial charge in [0.1, 0.15) is 0 Å². The van der Waals surface area contributed by atoms with E-state index >= 15 is 0 Å². The van der Waals surface area contributed by atoms with Crippen LogP contribution in [0.5, 0.6) is 0 Å². The molecule has 0 N–H and O–H groups in total. The van der Waals surface area contributed by atoms with Gasteiger partial charge < -0.3 is 9.13 Å². The molecule has 10 aromatic carbocycles. The normalized spacial score (nSPS) is 12.0. The molecule has 0 atom stereocenters. The first-order chi connectivity index (χ1) is 32.2. The third kappa shape index (κ3) is 5.48. The number of aromatic nitrogens is 5. The summed E-state index contributed by atoms with van der Waals surface area (Å²) < 4.78 is 7.22. The Morgan fingerprint density at radius 2 is 0.908 bits per heavy atom. The van der Waals surface area contributed by atoms with Gasteiger partial charge in [-0.2, -0.15) is 0 Å². The lowest BCUT2D eigenvalue weighted by Crippen LogP contribution is -2.04. The number of para-hydroxylation sites is 3. The molecule has 4 aromatic heterocycles. The van der Waals surface area contributed by atoms with Gasteiger partial charge in [-0.05, 0) is 76.1 Å². The second-order valence-corrected chi connectivity index (χ2v) is 17.8. The van der Waals surface area contributed by atoms with Gasteiger partial charge in [-0.15, -0.1) is 11.3 Å². The van der Waals surface area contributed by atoms with E-state index in [1.807, 2.05) is 17.4 Å². The molecule has 14 rings (SSSR count). The van der Waals surface area contributed by atoms with Crippen molar-refractivity contribution >= 4 is 96.7 Å². The Hall–Kier alpha value is -8.45. The average molecular weight is 846 g/mol. The molecule has 302 valence electrons. The molecule has 0 unspecified atom stereocenters. The molecule has 0 radical (unpaired) electrons. The standard InChI is InChI=1S/C59H35N5S/c1-3-16-37(17-4-1)57-60-58(40-28-29-45-43-23-11-13-25-48(43)63(51(45)35-40)41-20-5-2-6-21-41)62-59(61-57)55-50(31-32-53-54(55)46-30-27-36-15-9-10-22-42(36)56(46)65-53)64-49-26-14-12-24-44(49)47-33-38-18-7-8-19-39(38)34-52(47)64/h1-35H. The van der Waals surface area contributed by atoms with Crippen LogP contribution in [-0.2, 0) is 0 Å². The highest BCUT2D eigenvalue weighted by molar-refractivity contribution is 7.26. The van der Waals surface area contributed by atoms with Crippen LogP contribution in [0.4, 0.5) is 0 Å². The Balaban J connectivity index is 1.11. The van der Waals surface area contributed by atoms with Gasteiger partial charge in [-0.1, -0.05) is 158 Å². The van der Waals surface area contributed by atoms with E-state index in [0.29, 0.717) is 17.5 Å². The SMILES string of the molecule is c1ccc(-c2nc(-c3ccc4c5ccccc5n(-c5ccccc5)c4c3)nc(-c3c(-n4c5ccccc5c5cc6ccccc6cc54)ccc4sc5c6ccccc6ccc5c34)n2)cc1. The Kier molecular flexibility index (Phi) is 7.79. The third-order valence-corrected chi connectivity index (χ3v) is 14.3. The highest BCUT2D eigenvalue weighted by Crippen LogP contribution is 2.47. The molecule has 0 amide bonds. The van der Waals surface area contributed by atoms with Crippen molar-refractivity contribution < 1.29 is 0 Å². The number of rotatable bonds is 5. The number of nitrogens with zero attached hydrogens (tertiary/aromatic N) is 5. The van der Waals surface area contributed by atoms with E-state index in [1.54, 1.807) is 0 Å². The molecular weight excluding hydrogens is 811 g/mol. The van der Waals surface area contributed by atoms with Crippen LogP contribution in [0.15, 0.2) is 212 Å². The van der Waals surface area contributed by atoms with Crippen molar-refractivity contribution in [2.24, 2.45) is 0 Å². The van der Waals surface area contributed by atoms with Crippen molar-refractivity contribution in [3.63, 3.8) is 0 Å². The fourth-order valence-corrected chi connectivity index (χ4v) is 11.5. The van der Waals surface area contributed by atoms with Gasteiger partial charge in [-0.3, -0.25) is 0 Å². The van der Waals surface area contributed by atoms with Crippen LogP contribution in [0.3, 0.4) is 0 Å². The highest BCUT2D eigenvalue weighted by atomic mass is 32.1. The third-order valence-electron chi connectivity index (χ3n) is 13.1. The predicted octanol–water partition coefficient (Wildman–Crippen LogP) is 15.7. The highest BCUT2D eigenvalue weighted by Gasteiger charge is 2.25. The first-order valence-corrected chi connectivity index (χ1v) is 22.8.